The van der Waals surface area contributed by atoms with Crippen LogP contribution in [0.4, 0.5) is 5.69 Å². The number of para-hydroxylation sites is 1. The van der Waals surface area contributed by atoms with Gasteiger partial charge in [0, 0.05) is 0 Å². The SMILES string of the molecule is CC1=C[C@H](C)[C@@H]2C(=O)N(c3ccccc3)C(=O)[C@H]2C1. The predicted molar refractivity (Wildman–Crippen MR) is 73.5 cm³/mol. The van der Waals surface area contributed by atoms with Gasteiger partial charge in [-0.1, -0.05) is 36.8 Å². The molecule has 0 radical (unpaired) electrons. The van der Waals surface area contributed by atoms with Crippen LogP contribution in [0.25, 0.3) is 0 Å². The molecule has 19 heavy (non-hydrogen) atoms. The van der Waals surface area contributed by atoms with Crippen molar-refractivity contribution < 1.29 is 9.59 Å². The number of nitrogens with zero attached hydrogens (tertiary/aromatic N) is 1. The van der Waals surface area contributed by atoms with E-state index in [4.69, 9.17) is 0 Å². The minimum atomic E-state index is -0.184. The van der Waals surface area contributed by atoms with E-state index in [1.54, 1.807) is 0 Å². The molecule has 2 amide bonds. The van der Waals surface area contributed by atoms with E-state index in [2.05, 4.69) is 6.08 Å². The van der Waals surface area contributed by atoms with Crippen LogP contribution in [0.5, 0.6) is 0 Å². The molecule has 1 aromatic rings. The van der Waals surface area contributed by atoms with Gasteiger partial charge < -0.3 is 0 Å². The fourth-order valence-corrected chi connectivity index (χ4v) is 3.35. The molecule has 3 rings (SSSR count). The lowest BCUT2D eigenvalue weighted by atomic mass is 9.76. The summed E-state index contributed by atoms with van der Waals surface area (Å²) in [6, 6.07) is 9.22. The Morgan fingerprint density at radius 1 is 1.11 bits per heavy atom. The van der Waals surface area contributed by atoms with Gasteiger partial charge in [-0.2, -0.15) is 0 Å². The summed E-state index contributed by atoms with van der Waals surface area (Å²) in [6.07, 6.45) is 2.84. The van der Waals surface area contributed by atoms with Crippen LogP contribution in [-0.2, 0) is 9.59 Å². The highest BCUT2D eigenvalue weighted by Crippen LogP contribution is 2.42. The first-order valence-corrected chi connectivity index (χ1v) is 6.69. The molecule has 0 unspecified atom stereocenters. The molecule has 1 heterocycles. The summed E-state index contributed by atoms with van der Waals surface area (Å²) in [5, 5.41) is 0. The molecule has 1 fully saturated rings. The maximum atomic E-state index is 12.5. The van der Waals surface area contributed by atoms with Gasteiger partial charge in [-0.3, -0.25) is 14.5 Å². The van der Waals surface area contributed by atoms with Crippen LogP contribution < -0.4 is 4.90 Å². The average molecular weight is 255 g/mol. The van der Waals surface area contributed by atoms with Gasteiger partial charge in [0.05, 0.1) is 17.5 Å². The summed E-state index contributed by atoms with van der Waals surface area (Å²) in [5.74, 6) is -0.300. The molecule has 0 bridgehead atoms. The highest BCUT2D eigenvalue weighted by Gasteiger charge is 2.51. The third-order valence-electron chi connectivity index (χ3n) is 4.15. The zero-order valence-electron chi connectivity index (χ0n) is 11.2. The largest absolute Gasteiger partial charge is 0.274 e. The Kier molecular flexibility index (Phi) is 2.77. The lowest BCUT2D eigenvalue weighted by molar-refractivity contribution is -0.122. The van der Waals surface area contributed by atoms with E-state index in [0.29, 0.717) is 12.1 Å². The highest BCUT2D eigenvalue weighted by molar-refractivity contribution is 6.22. The van der Waals surface area contributed by atoms with E-state index < -0.39 is 0 Å². The van der Waals surface area contributed by atoms with Crippen LogP contribution in [0.3, 0.4) is 0 Å². The van der Waals surface area contributed by atoms with E-state index in [1.165, 1.54) is 10.5 Å². The summed E-state index contributed by atoms with van der Waals surface area (Å²) < 4.78 is 0. The van der Waals surface area contributed by atoms with Gasteiger partial charge in [-0.15, -0.1) is 0 Å². The van der Waals surface area contributed by atoms with Crippen molar-refractivity contribution in [2.45, 2.75) is 20.3 Å². The van der Waals surface area contributed by atoms with Crippen molar-refractivity contribution in [3.63, 3.8) is 0 Å². The van der Waals surface area contributed by atoms with E-state index in [1.807, 2.05) is 44.2 Å². The molecule has 0 saturated carbocycles. The van der Waals surface area contributed by atoms with Crippen molar-refractivity contribution in [2.75, 3.05) is 4.90 Å². The summed E-state index contributed by atoms with van der Waals surface area (Å²) in [7, 11) is 0. The minimum Gasteiger partial charge on any atom is -0.274 e. The smallest absolute Gasteiger partial charge is 0.238 e. The summed E-state index contributed by atoms with van der Waals surface area (Å²) in [5.41, 5.74) is 1.90. The second-order valence-electron chi connectivity index (χ2n) is 5.56. The number of imide groups is 1. The van der Waals surface area contributed by atoms with Crippen LogP contribution in [-0.4, -0.2) is 11.8 Å². The Morgan fingerprint density at radius 2 is 1.79 bits per heavy atom. The van der Waals surface area contributed by atoms with Gasteiger partial charge in [0.25, 0.3) is 0 Å². The number of rotatable bonds is 1. The van der Waals surface area contributed by atoms with Crippen LogP contribution in [0.15, 0.2) is 42.0 Å². The van der Waals surface area contributed by atoms with Crippen LogP contribution >= 0.6 is 0 Å². The lowest BCUT2D eigenvalue weighted by Gasteiger charge is -2.25. The molecule has 1 saturated heterocycles. The number of carbonyl (C=O) groups is 2. The fraction of sp³-hybridized carbons (Fsp3) is 0.375. The van der Waals surface area contributed by atoms with Crippen LogP contribution in [0.2, 0.25) is 0 Å². The second-order valence-corrected chi connectivity index (χ2v) is 5.56. The summed E-state index contributed by atoms with van der Waals surface area (Å²) >= 11 is 0. The van der Waals surface area contributed by atoms with Gasteiger partial charge >= 0.3 is 0 Å². The Morgan fingerprint density at radius 3 is 2.47 bits per heavy atom. The number of allylic oxidation sites excluding steroid dienone is 2. The first-order valence-electron chi connectivity index (χ1n) is 6.69. The van der Waals surface area contributed by atoms with Gasteiger partial charge in [0.1, 0.15) is 0 Å². The monoisotopic (exact) mass is 255 g/mol. The van der Waals surface area contributed by atoms with Crippen LogP contribution in [0.1, 0.15) is 20.3 Å². The quantitative estimate of drug-likeness (QED) is 0.571. The van der Waals surface area contributed by atoms with Crippen molar-refractivity contribution in [1.82, 2.24) is 0 Å². The number of hydrogen-bond donors (Lipinski definition) is 0. The van der Waals surface area contributed by atoms with Crippen molar-refractivity contribution >= 4 is 17.5 Å². The van der Waals surface area contributed by atoms with E-state index >= 15 is 0 Å². The first kappa shape index (κ1) is 12.2. The molecule has 1 aliphatic heterocycles. The number of anilines is 1. The molecule has 1 aromatic carbocycles. The molecule has 0 spiro atoms. The first-order chi connectivity index (χ1) is 9.09. The zero-order chi connectivity index (χ0) is 13.6. The number of carbonyl (C=O) groups excluding carboxylic acids is 2. The molecule has 2 aliphatic rings. The van der Waals surface area contributed by atoms with Crippen molar-refractivity contribution in [3.8, 4) is 0 Å². The molecular weight excluding hydrogens is 238 g/mol. The summed E-state index contributed by atoms with van der Waals surface area (Å²) in [4.78, 5) is 26.4. The predicted octanol–water partition coefficient (Wildman–Crippen LogP) is 2.78. The standard InChI is InChI=1S/C16H17NO2/c1-10-8-11(2)14-13(9-10)15(18)17(16(14)19)12-6-4-3-5-7-12/h3-8,11,13-14H,9H2,1-2H3/t11-,13-,14-/m0/s1. The van der Waals surface area contributed by atoms with Gasteiger partial charge in [0.2, 0.25) is 11.8 Å². The molecule has 0 aromatic heterocycles. The maximum absolute atomic E-state index is 12.5. The summed E-state index contributed by atoms with van der Waals surface area (Å²) in [6.45, 7) is 4.07. The average Bonchev–Trinajstić information content (AvgIpc) is 2.62. The second kappa shape index (κ2) is 4.34. The van der Waals surface area contributed by atoms with Gasteiger partial charge in [0.15, 0.2) is 0 Å². The zero-order valence-corrected chi connectivity index (χ0v) is 11.2. The van der Waals surface area contributed by atoms with E-state index in [-0.39, 0.29) is 29.6 Å². The molecule has 3 nitrogen and oxygen atoms in total. The number of fused-ring (bicyclic) bond motifs is 1. The number of amides is 2. The Labute approximate surface area is 112 Å². The molecule has 98 valence electrons. The Hall–Kier alpha value is -1.90. The number of benzene rings is 1. The maximum Gasteiger partial charge on any atom is 0.238 e. The molecular formula is C16H17NO2. The van der Waals surface area contributed by atoms with Gasteiger partial charge in [-0.05, 0) is 31.4 Å². The lowest BCUT2D eigenvalue weighted by Crippen LogP contribution is -2.31. The van der Waals surface area contributed by atoms with Crippen LogP contribution in [0, 0.1) is 17.8 Å². The molecule has 3 heteroatoms. The molecule has 1 aliphatic carbocycles. The Bertz CT molecular complexity index is 561. The normalized spacial score (nSPS) is 30.3. The van der Waals surface area contributed by atoms with Crippen molar-refractivity contribution in [3.05, 3.63) is 42.0 Å². The molecule has 0 N–H and O–H groups in total. The highest BCUT2D eigenvalue weighted by atomic mass is 16.2. The van der Waals surface area contributed by atoms with E-state index in [9.17, 15) is 9.59 Å². The van der Waals surface area contributed by atoms with Crippen molar-refractivity contribution in [1.29, 1.82) is 0 Å². The minimum absolute atomic E-state index is 0.0412. The third-order valence-corrected chi connectivity index (χ3v) is 4.15. The Balaban J connectivity index is 2.00. The number of hydrogen-bond acceptors (Lipinski definition) is 2. The fourth-order valence-electron chi connectivity index (χ4n) is 3.35. The molecule has 3 atom stereocenters. The topological polar surface area (TPSA) is 37.4 Å². The van der Waals surface area contributed by atoms with Gasteiger partial charge in [-0.25, -0.2) is 0 Å². The van der Waals surface area contributed by atoms with Crippen molar-refractivity contribution in [2.24, 2.45) is 17.8 Å². The third kappa shape index (κ3) is 1.81. The van der Waals surface area contributed by atoms with E-state index in [0.717, 1.165) is 0 Å².